The molecule has 9 heteroatoms. The molecule has 1 aliphatic rings. The molecule has 4 rings (SSSR count). The fourth-order valence-electron chi connectivity index (χ4n) is 4.56. The van der Waals surface area contributed by atoms with Gasteiger partial charge in [-0.15, -0.1) is 11.3 Å². The quantitative estimate of drug-likeness (QED) is 0.484. The maximum Gasteiger partial charge on any atom is 0.243 e. The number of thiazole rings is 1. The number of piperazine rings is 1. The normalized spacial score (nSPS) is 14.9. The van der Waals surface area contributed by atoms with E-state index in [2.05, 4.69) is 10.3 Å². The molecule has 0 aliphatic carbocycles. The van der Waals surface area contributed by atoms with Gasteiger partial charge < -0.3 is 14.4 Å². The summed E-state index contributed by atoms with van der Waals surface area (Å²) in [5, 5.41) is 2.97. The summed E-state index contributed by atoms with van der Waals surface area (Å²) in [7, 11) is -0.227. The molecule has 0 spiro atoms. The van der Waals surface area contributed by atoms with E-state index >= 15 is 0 Å². The number of methoxy groups -OCH3 is 2. The highest BCUT2D eigenvalue weighted by molar-refractivity contribution is 7.89. The van der Waals surface area contributed by atoms with Crippen LogP contribution in [0.3, 0.4) is 0 Å². The number of nitrogens with zero attached hydrogens (tertiary/aromatic N) is 3. The van der Waals surface area contributed by atoms with Crippen molar-refractivity contribution in [2.75, 3.05) is 45.3 Å². The fraction of sp³-hybridized carbons (Fsp3) is 0.400. The molecule has 0 saturated carbocycles. The number of aromatic nitrogens is 1. The van der Waals surface area contributed by atoms with Crippen molar-refractivity contribution in [3.8, 4) is 11.5 Å². The minimum Gasteiger partial charge on any atom is -0.497 e. The zero-order chi connectivity index (χ0) is 24.5. The summed E-state index contributed by atoms with van der Waals surface area (Å²) in [6.45, 7) is 7.83. The second-order valence-electron chi connectivity index (χ2n) is 8.59. The third-order valence-corrected chi connectivity index (χ3v) is 9.27. The van der Waals surface area contributed by atoms with Gasteiger partial charge in [0.05, 0.1) is 24.8 Å². The van der Waals surface area contributed by atoms with Crippen LogP contribution in [0.1, 0.15) is 27.9 Å². The third kappa shape index (κ3) is 4.92. The largest absolute Gasteiger partial charge is 0.497 e. The molecule has 2 aromatic carbocycles. The number of ether oxygens (including phenoxy) is 2. The molecule has 1 fully saturated rings. The Bertz CT molecular complexity index is 1260. The van der Waals surface area contributed by atoms with Crippen molar-refractivity contribution < 1.29 is 17.9 Å². The molecular weight excluding hydrogens is 470 g/mol. The van der Waals surface area contributed by atoms with E-state index in [1.54, 1.807) is 29.9 Å². The van der Waals surface area contributed by atoms with E-state index in [1.807, 2.05) is 51.1 Å². The highest BCUT2D eigenvalue weighted by atomic mass is 32.2. The minimum absolute atomic E-state index is 0.438. The minimum atomic E-state index is -3.53. The lowest BCUT2D eigenvalue weighted by molar-refractivity contribution is 0.384. The highest BCUT2D eigenvalue weighted by Crippen LogP contribution is 2.30. The Balaban J connectivity index is 1.45. The summed E-state index contributed by atoms with van der Waals surface area (Å²) in [5.74, 6) is 1.58. The Hall–Kier alpha value is -2.62. The van der Waals surface area contributed by atoms with Crippen molar-refractivity contribution in [2.45, 2.75) is 32.1 Å². The summed E-state index contributed by atoms with van der Waals surface area (Å²) < 4.78 is 39.2. The molecule has 0 radical (unpaired) electrons. The van der Waals surface area contributed by atoms with Gasteiger partial charge in [-0.3, -0.25) is 0 Å². The van der Waals surface area contributed by atoms with Gasteiger partial charge in [-0.1, -0.05) is 17.7 Å². The Morgan fingerprint density at radius 2 is 1.65 bits per heavy atom. The molecule has 34 heavy (non-hydrogen) atoms. The summed E-state index contributed by atoms with van der Waals surface area (Å²) >= 11 is 1.59. The van der Waals surface area contributed by atoms with Gasteiger partial charge in [-0.25, -0.2) is 13.4 Å². The maximum absolute atomic E-state index is 13.4. The van der Waals surface area contributed by atoms with E-state index in [9.17, 15) is 8.42 Å². The van der Waals surface area contributed by atoms with Crippen LogP contribution >= 0.6 is 11.3 Å². The third-order valence-electron chi connectivity index (χ3n) is 6.11. The first-order chi connectivity index (χ1) is 16.2. The topological polar surface area (TPSA) is 72.0 Å². The van der Waals surface area contributed by atoms with Crippen molar-refractivity contribution in [1.82, 2.24) is 9.29 Å². The second-order valence-corrected chi connectivity index (χ2v) is 11.3. The van der Waals surface area contributed by atoms with Gasteiger partial charge >= 0.3 is 0 Å². The first-order valence-corrected chi connectivity index (χ1v) is 13.5. The summed E-state index contributed by atoms with van der Waals surface area (Å²) in [4.78, 5) is 7.43. The van der Waals surface area contributed by atoms with E-state index in [-0.39, 0.29) is 0 Å². The fourth-order valence-corrected chi connectivity index (χ4v) is 7.27. The van der Waals surface area contributed by atoms with E-state index in [4.69, 9.17) is 14.5 Å². The smallest absolute Gasteiger partial charge is 0.243 e. The van der Waals surface area contributed by atoms with Crippen LogP contribution in [0.25, 0.3) is 0 Å². The number of benzene rings is 2. The molecule has 0 atom stereocenters. The van der Waals surface area contributed by atoms with Gasteiger partial charge in [-0.05, 0) is 50.1 Å². The van der Waals surface area contributed by atoms with Crippen molar-refractivity contribution in [3.05, 3.63) is 63.7 Å². The molecule has 182 valence electrons. The summed E-state index contributed by atoms with van der Waals surface area (Å²) in [5.41, 5.74) is 4.64. The van der Waals surface area contributed by atoms with Gasteiger partial charge in [0.15, 0.2) is 5.13 Å². The van der Waals surface area contributed by atoms with Crippen LogP contribution in [0.4, 0.5) is 5.13 Å². The predicted octanol–water partition coefficient (Wildman–Crippen LogP) is 4.19. The van der Waals surface area contributed by atoms with Crippen molar-refractivity contribution in [1.29, 1.82) is 0 Å². The SMILES string of the molecule is COc1ccc(OC)c(Cc2csc(N3CCN(S(=O)(=O)c4c(C)cc(C)cc4C)CC3)n2)c1. The molecule has 0 unspecified atom stereocenters. The van der Waals surface area contributed by atoms with Gasteiger partial charge in [0.1, 0.15) is 11.5 Å². The van der Waals surface area contributed by atoms with Crippen LogP contribution in [0.15, 0.2) is 40.6 Å². The lowest BCUT2D eigenvalue weighted by atomic mass is 10.1. The van der Waals surface area contributed by atoms with Gasteiger partial charge in [-0.2, -0.15) is 4.31 Å². The molecule has 0 N–H and O–H groups in total. The highest BCUT2D eigenvalue weighted by Gasteiger charge is 2.31. The number of sulfonamides is 1. The van der Waals surface area contributed by atoms with Crippen LogP contribution in [-0.2, 0) is 16.4 Å². The van der Waals surface area contributed by atoms with Crippen LogP contribution in [-0.4, -0.2) is 58.1 Å². The van der Waals surface area contributed by atoms with E-state index < -0.39 is 10.0 Å². The van der Waals surface area contributed by atoms with Crippen LogP contribution in [0, 0.1) is 20.8 Å². The zero-order valence-electron chi connectivity index (χ0n) is 20.3. The zero-order valence-corrected chi connectivity index (χ0v) is 21.9. The van der Waals surface area contributed by atoms with Crippen molar-refractivity contribution in [2.24, 2.45) is 0 Å². The molecule has 1 aliphatic heterocycles. The van der Waals surface area contributed by atoms with Gasteiger partial charge in [0, 0.05) is 43.5 Å². The predicted molar refractivity (Wildman–Crippen MR) is 136 cm³/mol. The van der Waals surface area contributed by atoms with Gasteiger partial charge in [0.25, 0.3) is 0 Å². The lowest BCUT2D eigenvalue weighted by Gasteiger charge is -2.34. The first-order valence-electron chi connectivity index (χ1n) is 11.2. The summed E-state index contributed by atoms with van der Waals surface area (Å²) in [6.07, 6.45) is 0.636. The standard InChI is InChI=1S/C25H31N3O4S2/c1-17-12-18(2)24(19(3)13-17)34(29,30)28-10-8-27(9-11-28)25-26-21(16-33-25)14-20-15-22(31-4)6-7-23(20)32-5/h6-7,12-13,15-16H,8-11,14H2,1-5H3. The molecule has 0 bridgehead atoms. The molecule has 7 nitrogen and oxygen atoms in total. The molecule has 3 aromatic rings. The Morgan fingerprint density at radius 1 is 0.971 bits per heavy atom. The Morgan fingerprint density at radius 3 is 2.26 bits per heavy atom. The number of rotatable bonds is 7. The molecule has 1 aromatic heterocycles. The Labute approximate surface area is 206 Å². The lowest BCUT2D eigenvalue weighted by Crippen LogP contribution is -2.48. The molecule has 2 heterocycles. The number of anilines is 1. The molecule has 1 saturated heterocycles. The monoisotopic (exact) mass is 501 g/mol. The average molecular weight is 502 g/mol. The average Bonchev–Trinajstić information content (AvgIpc) is 3.26. The van der Waals surface area contributed by atoms with Crippen molar-refractivity contribution >= 4 is 26.5 Å². The van der Waals surface area contributed by atoms with Crippen LogP contribution < -0.4 is 14.4 Å². The maximum atomic E-state index is 13.4. The van der Waals surface area contributed by atoms with E-state index in [0.717, 1.165) is 44.6 Å². The molecule has 0 amide bonds. The number of hydrogen-bond acceptors (Lipinski definition) is 7. The van der Waals surface area contributed by atoms with Crippen LogP contribution in [0.2, 0.25) is 0 Å². The first kappa shape index (κ1) is 24.5. The Kier molecular flexibility index (Phi) is 7.16. The van der Waals surface area contributed by atoms with E-state index in [1.165, 1.54) is 0 Å². The van der Waals surface area contributed by atoms with Crippen LogP contribution in [0.5, 0.6) is 11.5 Å². The molecular formula is C25H31N3O4S2. The number of aryl methyl sites for hydroxylation is 3. The van der Waals surface area contributed by atoms with E-state index in [0.29, 0.717) is 37.5 Å². The second kappa shape index (κ2) is 9.93. The summed E-state index contributed by atoms with van der Waals surface area (Å²) in [6, 6.07) is 9.62. The number of hydrogen-bond donors (Lipinski definition) is 0. The van der Waals surface area contributed by atoms with Gasteiger partial charge in [0.2, 0.25) is 10.0 Å². The van der Waals surface area contributed by atoms with Crippen molar-refractivity contribution in [3.63, 3.8) is 0 Å².